The summed E-state index contributed by atoms with van der Waals surface area (Å²) in [6, 6.07) is 7.89. The van der Waals surface area contributed by atoms with Crippen molar-refractivity contribution in [2.75, 3.05) is 14.2 Å². The standard InChI is InChI=1S/C15H15N3O3/c1-19-12-4-3-9(5-13(12)20-2)6-14-17-15(21-18-14)11-7-10(11)8-16/h3-5,10-11H,6-7H2,1-2H3. The topological polar surface area (TPSA) is 81.2 Å². The molecule has 1 fully saturated rings. The Kier molecular flexibility index (Phi) is 3.48. The van der Waals surface area contributed by atoms with Crippen LogP contribution in [0.5, 0.6) is 11.5 Å². The van der Waals surface area contributed by atoms with E-state index < -0.39 is 0 Å². The molecule has 2 atom stereocenters. The van der Waals surface area contributed by atoms with Crippen LogP contribution in [0.2, 0.25) is 0 Å². The molecule has 1 heterocycles. The summed E-state index contributed by atoms with van der Waals surface area (Å²) in [5.41, 5.74) is 1.01. The van der Waals surface area contributed by atoms with Crippen molar-refractivity contribution in [2.24, 2.45) is 5.92 Å². The zero-order valence-corrected chi connectivity index (χ0v) is 11.9. The van der Waals surface area contributed by atoms with Crippen molar-refractivity contribution < 1.29 is 14.0 Å². The van der Waals surface area contributed by atoms with Crippen LogP contribution in [0, 0.1) is 17.2 Å². The Labute approximate surface area is 122 Å². The van der Waals surface area contributed by atoms with E-state index in [4.69, 9.17) is 19.3 Å². The first-order chi connectivity index (χ1) is 10.2. The molecular formula is C15H15N3O3. The molecule has 0 saturated heterocycles. The lowest BCUT2D eigenvalue weighted by Gasteiger charge is -2.08. The number of rotatable bonds is 5. The van der Waals surface area contributed by atoms with E-state index in [0.717, 1.165) is 12.0 Å². The highest BCUT2D eigenvalue weighted by molar-refractivity contribution is 5.43. The van der Waals surface area contributed by atoms with Crippen molar-refractivity contribution in [3.05, 3.63) is 35.5 Å². The average molecular weight is 285 g/mol. The van der Waals surface area contributed by atoms with E-state index in [9.17, 15) is 0 Å². The molecule has 1 saturated carbocycles. The van der Waals surface area contributed by atoms with Crippen molar-refractivity contribution in [2.45, 2.75) is 18.8 Å². The molecule has 1 aromatic heterocycles. The highest BCUT2D eigenvalue weighted by atomic mass is 16.5. The predicted octanol–water partition coefficient (Wildman–Crippen LogP) is 2.30. The number of benzene rings is 1. The highest BCUT2D eigenvalue weighted by Gasteiger charge is 2.43. The molecule has 6 nitrogen and oxygen atoms in total. The van der Waals surface area contributed by atoms with E-state index in [2.05, 4.69) is 16.2 Å². The van der Waals surface area contributed by atoms with Crippen molar-refractivity contribution in [1.29, 1.82) is 5.26 Å². The zero-order valence-electron chi connectivity index (χ0n) is 11.9. The number of hydrogen-bond donors (Lipinski definition) is 0. The Morgan fingerprint density at radius 1 is 1.33 bits per heavy atom. The lowest BCUT2D eigenvalue weighted by atomic mass is 10.1. The smallest absolute Gasteiger partial charge is 0.231 e. The SMILES string of the molecule is COc1ccc(Cc2noc(C3CC3C#N)n2)cc1OC. The van der Waals surface area contributed by atoms with Crippen molar-refractivity contribution >= 4 is 0 Å². The fourth-order valence-electron chi connectivity index (χ4n) is 2.27. The van der Waals surface area contributed by atoms with Crippen LogP contribution in [0.25, 0.3) is 0 Å². The van der Waals surface area contributed by atoms with Gasteiger partial charge in [0, 0.05) is 6.42 Å². The molecule has 0 spiro atoms. The fraction of sp³-hybridized carbons (Fsp3) is 0.400. The van der Waals surface area contributed by atoms with Crippen LogP contribution in [-0.4, -0.2) is 24.4 Å². The second-order valence-electron chi connectivity index (χ2n) is 4.99. The first-order valence-corrected chi connectivity index (χ1v) is 6.68. The van der Waals surface area contributed by atoms with Gasteiger partial charge in [-0.25, -0.2) is 0 Å². The molecule has 108 valence electrons. The Hall–Kier alpha value is -2.55. The van der Waals surface area contributed by atoms with Crippen LogP contribution in [0.3, 0.4) is 0 Å². The maximum Gasteiger partial charge on any atom is 0.231 e. The van der Waals surface area contributed by atoms with Crippen LogP contribution < -0.4 is 9.47 Å². The lowest BCUT2D eigenvalue weighted by molar-refractivity contribution is 0.354. The van der Waals surface area contributed by atoms with Gasteiger partial charge in [0.1, 0.15) is 0 Å². The maximum atomic E-state index is 8.82. The molecule has 0 amide bonds. The van der Waals surface area contributed by atoms with E-state index in [-0.39, 0.29) is 11.8 Å². The third kappa shape index (κ3) is 2.68. The molecule has 0 aliphatic heterocycles. The molecule has 6 heteroatoms. The molecular weight excluding hydrogens is 270 g/mol. The van der Waals surface area contributed by atoms with Gasteiger partial charge in [-0.15, -0.1) is 0 Å². The molecule has 0 radical (unpaired) electrons. The van der Waals surface area contributed by atoms with Crippen molar-refractivity contribution in [3.63, 3.8) is 0 Å². The van der Waals surface area contributed by atoms with Crippen LogP contribution in [0.15, 0.2) is 22.7 Å². The van der Waals surface area contributed by atoms with Gasteiger partial charge in [-0.05, 0) is 24.1 Å². The van der Waals surface area contributed by atoms with Crippen LogP contribution in [0.1, 0.15) is 29.6 Å². The molecule has 2 aromatic rings. The van der Waals surface area contributed by atoms with Gasteiger partial charge in [0.25, 0.3) is 0 Å². The third-order valence-corrected chi connectivity index (χ3v) is 3.57. The number of nitrogens with zero attached hydrogens (tertiary/aromatic N) is 3. The molecule has 2 unspecified atom stereocenters. The number of ether oxygens (including phenoxy) is 2. The number of nitriles is 1. The Morgan fingerprint density at radius 2 is 2.14 bits per heavy atom. The minimum Gasteiger partial charge on any atom is -0.493 e. The molecule has 0 N–H and O–H groups in total. The Balaban J connectivity index is 1.74. The van der Waals surface area contributed by atoms with Gasteiger partial charge in [-0.3, -0.25) is 0 Å². The summed E-state index contributed by atoms with van der Waals surface area (Å²) in [6.07, 6.45) is 1.36. The van der Waals surface area contributed by atoms with Crippen LogP contribution in [0.4, 0.5) is 0 Å². The van der Waals surface area contributed by atoms with E-state index in [0.29, 0.717) is 29.6 Å². The normalized spacial score (nSPS) is 19.9. The van der Waals surface area contributed by atoms with Gasteiger partial charge in [0.15, 0.2) is 17.3 Å². The molecule has 0 bridgehead atoms. The van der Waals surface area contributed by atoms with E-state index in [1.807, 2.05) is 18.2 Å². The first-order valence-electron chi connectivity index (χ1n) is 6.68. The average Bonchev–Trinajstić information content (AvgIpc) is 3.18. The van der Waals surface area contributed by atoms with Crippen LogP contribution in [-0.2, 0) is 6.42 Å². The lowest BCUT2D eigenvalue weighted by Crippen LogP contribution is -1.95. The van der Waals surface area contributed by atoms with Crippen LogP contribution >= 0.6 is 0 Å². The number of aromatic nitrogens is 2. The molecule has 3 rings (SSSR count). The second-order valence-corrected chi connectivity index (χ2v) is 4.99. The zero-order chi connectivity index (χ0) is 14.8. The number of hydrogen-bond acceptors (Lipinski definition) is 6. The Bertz CT molecular complexity index is 690. The summed E-state index contributed by atoms with van der Waals surface area (Å²) in [5, 5.41) is 12.8. The van der Waals surface area contributed by atoms with Gasteiger partial charge < -0.3 is 14.0 Å². The minimum absolute atomic E-state index is 0.0272. The maximum absolute atomic E-state index is 8.82. The van der Waals surface area contributed by atoms with Gasteiger partial charge in [-0.2, -0.15) is 10.2 Å². The summed E-state index contributed by atoms with van der Waals surface area (Å²) in [7, 11) is 3.20. The summed E-state index contributed by atoms with van der Waals surface area (Å²) in [6.45, 7) is 0. The summed E-state index contributed by atoms with van der Waals surface area (Å²) in [5.74, 6) is 2.68. The molecule has 1 aliphatic rings. The van der Waals surface area contributed by atoms with E-state index in [1.54, 1.807) is 14.2 Å². The molecule has 1 aromatic carbocycles. The van der Waals surface area contributed by atoms with Gasteiger partial charge in [-0.1, -0.05) is 11.2 Å². The molecule has 21 heavy (non-hydrogen) atoms. The van der Waals surface area contributed by atoms with Crippen molar-refractivity contribution in [3.8, 4) is 17.6 Å². The first kappa shape index (κ1) is 13.4. The van der Waals surface area contributed by atoms with E-state index in [1.165, 1.54) is 0 Å². The van der Waals surface area contributed by atoms with Gasteiger partial charge >= 0.3 is 0 Å². The summed E-state index contributed by atoms with van der Waals surface area (Å²) < 4.78 is 15.7. The minimum atomic E-state index is 0.0272. The summed E-state index contributed by atoms with van der Waals surface area (Å²) >= 11 is 0. The fourth-order valence-corrected chi connectivity index (χ4v) is 2.27. The third-order valence-electron chi connectivity index (χ3n) is 3.57. The second kappa shape index (κ2) is 5.44. The summed E-state index contributed by atoms with van der Waals surface area (Å²) in [4.78, 5) is 4.36. The quantitative estimate of drug-likeness (QED) is 0.838. The monoisotopic (exact) mass is 285 g/mol. The van der Waals surface area contributed by atoms with Gasteiger partial charge in [0.2, 0.25) is 5.89 Å². The van der Waals surface area contributed by atoms with Gasteiger partial charge in [0.05, 0.1) is 32.1 Å². The van der Waals surface area contributed by atoms with Crippen molar-refractivity contribution in [1.82, 2.24) is 10.1 Å². The predicted molar refractivity (Wildman–Crippen MR) is 73.1 cm³/mol. The number of methoxy groups -OCH3 is 2. The highest BCUT2D eigenvalue weighted by Crippen LogP contribution is 2.46. The largest absolute Gasteiger partial charge is 0.493 e. The molecule has 1 aliphatic carbocycles. The van der Waals surface area contributed by atoms with E-state index >= 15 is 0 Å². The Morgan fingerprint density at radius 3 is 2.81 bits per heavy atom.